The molecule has 0 aliphatic rings. The molecule has 4 nitrogen and oxygen atoms in total. The maximum absolute atomic E-state index is 11.3. The Balaban J connectivity index is 4.16. The first kappa shape index (κ1) is 11.9. The molecule has 1 N–H and O–H groups in total. The summed E-state index contributed by atoms with van der Waals surface area (Å²) < 4.78 is 0. The Morgan fingerprint density at radius 1 is 1.23 bits per heavy atom. The van der Waals surface area contributed by atoms with Gasteiger partial charge in [0.25, 0.3) is 0 Å². The van der Waals surface area contributed by atoms with Crippen LogP contribution in [0.15, 0.2) is 0 Å². The molecule has 13 heavy (non-hydrogen) atoms. The number of hydrogen-bond donors (Lipinski definition) is 1. The second-order valence-corrected chi connectivity index (χ2v) is 4.20. The Bertz CT molecular complexity index is 209. The topological polar surface area (TPSA) is 57.6 Å². The number of carboxylic acid groups (broad SMARTS) is 1. The van der Waals surface area contributed by atoms with E-state index in [1.165, 1.54) is 4.90 Å². The zero-order valence-corrected chi connectivity index (χ0v) is 8.63. The van der Waals surface area contributed by atoms with Crippen molar-refractivity contribution in [2.75, 3.05) is 14.1 Å². The summed E-state index contributed by atoms with van der Waals surface area (Å²) in [5.41, 5.74) is -0.465. The summed E-state index contributed by atoms with van der Waals surface area (Å²) in [6.45, 7) is 3.56. The summed E-state index contributed by atoms with van der Waals surface area (Å²) in [4.78, 5) is 23.2. The van der Waals surface area contributed by atoms with Gasteiger partial charge in [-0.15, -0.1) is 0 Å². The molecule has 0 heterocycles. The molecule has 0 spiro atoms. The summed E-state index contributed by atoms with van der Waals surface area (Å²) in [6, 6.07) is 0. The second kappa shape index (κ2) is 4.25. The van der Waals surface area contributed by atoms with E-state index in [2.05, 4.69) is 0 Å². The zero-order chi connectivity index (χ0) is 10.6. The summed E-state index contributed by atoms with van der Waals surface area (Å²) in [5, 5.41) is 8.58. The smallest absolute Gasteiger partial charge is 0.303 e. The minimum atomic E-state index is -0.864. The highest BCUT2D eigenvalue weighted by Gasteiger charge is 2.25. The third-order valence-corrected chi connectivity index (χ3v) is 1.76. The van der Waals surface area contributed by atoms with E-state index >= 15 is 0 Å². The Hall–Kier alpha value is -1.06. The lowest BCUT2D eigenvalue weighted by Gasteiger charge is -2.23. The summed E-state index contributed by atoms with van der Waals surface area (Å²) in [6.07, 6.45) is 0.291. The van der Waals surface area contributed by atoms with Crippen molar-refractivity contribution in [3.63, 3.8) is 0 Å². The number of hydrogen-bond acceptors (Lipinski definition) is 2. The summed E-state index contributed by atoms with van der Waals surface area (Å²) >= 11 is 0. The first-order chi connectivity index (χ1) is 5.74. The molecule has 0 aliphatic heterocycles. The van der Waals surface area contributed by atoms with Crippen LogP contribution < -0.4 is 0 Å². The molecule has 0 aromatic carbocycles. The van der Waals surface area contributed by atoms with E-state index in [0.29, 0.717) is 0 Å². The average molecular weight is 187 g/mol. The third-order valence-electron chi connectivity index (χ3n) is 1.76. The molecule has 76 valence electrons. The van der Waals surface area contributed by atoms with Gasteiger partial charge in [-0.05, 0) is 5.41 Å². The number of rotatable bonds is 4. The van der Waals surface area contributed by atoms with E-state index in [1.54, 1.807) is 27.9 Å². The average Bonchev–Trinajstić information content (AvgIpc) is 1.81. The van der Waals surface area contributed by atoms with Crippen LogP contribution in [0.5, 0.6) is 0 Å². The van der Waals surface area contributed by atoms with Crippen LogP contribution in [-0.4, -0.2) is 36.0 Å². The largest absolute Gasteiger partial charge is 0.481 e. The predicted molar refractivity (Wildman–Crippen MR) is 49.3 cm³/mol. The third kappa shape index (κ3) is 5.22. The Morgan fingerprint density at radius 3 is 2.00 bits per heavy atom. The number of nitrogens with zero attached hydrogens (tertiary/aromatic N) is 1. The molecule has 0 saturated heterocycles. The molecule has 0 aromatic rings. The van der Waals surface area contributed by atoms with E-state index in [1.807, 2.05) is 0 Å². The highest BCUT2D eigenvalue weighted by atomic mass is 16.4. The first-order valence-electron chi connectivity index (χ1n) is 4.16. The number of carboxylic acids is 1. The normalized spacial score (nSPS) is 11.1. The van der Waals surface area contributed by atoms with E-state index in [4.69, 9.17) is 5.11 Å². The molecular weight excluding hydrogens is 170 g/mol. The fourth-order valence-electron chi connectivity index (χ4n) is 1.04. The van der Waals surface area contributed by atoms with Gasteiger partial charge in [-0.25, -0.2) is 0 Å². The molecule has 1 amide bonds. The maximum atomic E-state index is 11.3. The van der Waals surface area contributed by atoms with E-state index in [-0.39, 0.29) is 18.7 Å². The quantitative estimate of drug-likeness (QED) is 0.713. The van der Waals surface area contributed by atoms with Gasteiger partial charge in [-0.2, -0.15) is 0 Å². The highest BCUT2D eigenvalue weighted by Crippen LogP contribution is 2.25. The molecule has 0 radical (unpaired) electrons. The van der Waals surface area contributed by atoms with Crippen LogP contribution in [0.1, 0.15) is 26.7 Å². The van der Waals surface area contributed by atoms with Gasteiger partial charge in [0.2, 0.25) is 5.91 Å². The molecule has 0 aromatic heterocycles. The van der Waals surface area contributed by atoms with E-state index in [9.17, 15) is 9.59 Å². The maximum Gasteiger partial charge on any atom is 0.303 e. The predicted octanol–water partition coefficient (Wildman–Crippen LogP) is 0.966. The van der Waals surface area contributed by atoms with Gasteiger partial charge in [0.05, 0.1) is 6.42 Å². The van der Waals surface area contributed by atoms with Crippen molar-refractivity contribution in [2.45, 2.75) is 26.7 Å². The zero-order valence-electron chi connectivity index (χ0n) is 8.63. The lowest BCUT2D eigenvalue weighted by molar-refractivity contribution is -0.140. The van der Waals surface area contributed by atoms with Gasteiger partial charge in [0.15, 0.2) is 0 Å². The minimum Gasteiger partial charge on any atom is -0.481 e. The van der Waals surface area contributed by atoms with Gasteiger partial charge >= 0.3 is 5.97 Å². The summed E-state index contributed by atoms with van der Waals surface area (Å²) in [5.74, 6) is -0.900. The SMILES string of the molecule is CN(C)C(=O)CC(C)(C)CC(=O)O. The molecule has 0 rings (SSSR count). The van der Waals surface area contributed by atoms with E-state index < -0.39 is 11.4 Å². The van der Waals surface area contributed by atoms with Crippen molar-refractivity contribution in [1.29, 1.82) is 0 Å². The molecule has 0 unspecified atom stereocenters. The number of aliphatic carboxylic acids is 1. The van der Waals surface area contributed by atoms with Crippen LogP contribution in [-0.2, 0) is 9.59 Å². The van der Waals surface area contributed by atoms with Crippen molar-refractivity contribution >= 4 is 11.9 Å². The van der Waals surface area contributed by atoms with Gasteiger partial charge in [0, 0.05) is 20.5 Å². The molecule has 0 atom stereocenters. The standard InChI is InChI=1S/C9H17NO3/c1-9(2,6-8(12)13)5-7(11)10(3)4/h5-6H2,1-4H3,(H,12,13). The molecule has 0 fully saturated rings. The van der Waals surface area contributed by atoms with Crippen LogP contribution >= 0.6 is 0 Å². The Labute approximate surface area is 78.5 Å². The van der Waals surface area contributed by atoms with Crippen LogP contribution in [0, 0.1) is 5.41 Å². The summed E-state index contributed by atoms with van der Waals surface area (Å²) in [7, 11) is 3.33. The van der Waals surface area contributed by atoms with Crippen molar-refractivity contribution in [3.05, 3.63) is 0 Å². The lowest BCUT2D eigenvalue weighted by atomic mass is 9.85. The molecule has 0 bridgehead atoms. The van der Waals surface area contributed by atoms with Crippen LogP contribution in [0.25, 0.3) is 0 Å². The number of carbonyl (C=O) groups excluding carboxylic acids is 1. The lowest BCUT2D eigenvalue weighted by Crippen LogP contribution is -2.29. The van der Waals surface area contributed by atoms with Crippen LogP contribution in [0.3, 0.4) is 0 Å². The number of carbonyl (C=O) groups is 2. The van der Waals surface area contributed by atoms with Crippen molar-refractivity contribution in [3.8, 4) is 0 Å². The molecular formula is C9H17NO3. The van der Waals surface area contributed by atoms with Gasteiger partial charge in [-0.1, -0.05) is 13.8 Å². The van der Waals surface area contributed by atoms with Crippen LogP contribution in [0.2, 0.25) is 0 Å². The number of amides is 1. The first-order valence-corrected chi connectivity index (χ1v) is 4.16. The Kier molecular flexibility index (Phi) is 3.91. The Morgan fingerprint density at radius 2 is 1.69 bits per heavy atom. The fourth-order valence-corrected chi connectivity index (χ4v) is 1.04. The molecule has 0 aliphatic carbocycles. The molecule has 0 saturated carbocycles. The molecule has 4 heteroatoms. The minimum absolute atomic E-state index is 0.0204. The van der Waals surface area contributed by atoms with Gasteiger partial charge in [-0.3, -0.25) is 9.59 Å². The van der Waals surface area contributed by atoms with Crippen molar-refractivity contribution in [1.82, 2.24) is 4.90 Å². The fraction of sp³-hybridized carbons (Fsp3) is 0.778. The highest BCUT2D eigenvalue weighted by molar-refractivity contribution is 5.77. The van der Waals surface area contributed by atoms with Crippen LogP contribution in [0.4, 0.5) is 0 Å². The second-order valence-electron chi connectivity index (χ2n) is 4.20. The van der Waals surface area contributed by atoms with Crippen molar-refractivity contribution in [2.24, 2.45) is 5.41 Å². The van der Waals surface area contributed by atoms with E-state index in [0.717, 1.165) is 0 Å². The monoisotopic (exact) mass is 187 g/mol. The van der Waals surface area contributed by atoms with Crippen molar-refractivity contribution < 1.29 is 14.7 Å². The van der Waals surface area contributed by atoms with Gasteiger partial charge < -0.3 is 10.0 Å². The van der Waals surface area contributed by atoms with Gasteiger partial charge in [0.1, 0.15) is 0 Å².